The van der Waals surface area contributed by atoms with Crippen LogP contribution < -0.4 is 27.2 Å². The Hall–Kier alpha value is -6.30. The third-order valence-corrected chi connectivity index (χ3v) is 7.89. The number of carbonyl (C=O) groups is 3. The summed E-state index contributed by atoms with van der Waals surface area (Å²) in [6, 6.07) is 33.4. The molecule has 262 valence electrons. The maximum Gasteiger partial charge on any atom is 0.408 e. The lowest BCUT2D eigenvalue weighted by atomic mass is 9.77. The number of ether oxygens (including phenoxy) is 1. The van der Waals surface area contributed by atoms with E-state index in [4.69, 9.17) is 4.74 Å². The van der Waals surface area contributed by atoms with Crippen LogP contribution in [0.3, 0.4) is 0 Å². The van der Waals surface area contributed by atoms with Crippen molar-refractivity contribution >= 4 is 23.6 Å². The molecule has 3 amide bonds. The lowest BCUT2D eigenvalue weighted by Gasteiger charge is -2.37. The largest absolute Gasteiger partial charge is 0.444 e. The molecular weight excluding hydrogens is 653 g/mol. The first-order chi connectivity index (χ1) is 24.3. The highest BCUT2D eigenvalue weighted by molar-refractivity contribution is 5.99. The fourth-order valence-corrected chi connectivity index (χ4v) is 5.61. The number of halogens is 1. The van der Waals surface area contributed by atoms with Crippen molar-refractivity contribution in [2.75, 3.05) is 5.32 Å². The first kappa shape index (κ1) is 36.0. The van der Waals surface area contributed by atoms with Gasteiger partial charge in [-0.25, -0.2) is 9.59 Å². The molecule has 0 aliphatic carbocycles. The van der Waals surface area contributed by atoms with E-state index in [1.54, 1.807) is 45.0 Å². The molecule has 0 spiro atoms. The predicted octanol–water partition coefficient (Wildman–Crippen LogP) is 5.05. The molecule has 1 aromatic heterocycles. The van der Waals surface area contributed by atoms with Gasteiger partial charge in [-0.3, -0.25) is 23.9 Å². The number of rotatable bonds is 11. The fourth-order valence-electron chi connectivity index (χ4n) is 5.61. The molecule has 0 bridgehead atoms. The average Bonchev–Trinajstić information content (AvgIpc) is 3.10. The Morgan fingerprint density at radius 2 is 1.29 bits per heavy atom. The van der Waals surface area contributed by atoms with E-state index in [0.29, 0.717) is 11.3 Å². The Balaban J connectivity index is 1.42. The van der Waals surface area contributed by atoms with Crippen LogP contribution in [0.5, 0.6) is 0 Å². The molecule has 0 aliphatic heterocycles. The van der Waals surface area contributed by atoms with Crippen molar-refractivity contribution in [3.8, 4) is 0 Å². The smallest absolute Gasteiger partial charge is 0.408 e. The Morgan fingerprint density at radius 1 is 0.784 bits per heavy atom. The number of nitrogens with one attached hydrogen (secondary N) is 4. The molecule has 0 saturated carbocycles. The maximum absolute atomic E-state index is 14.1. The van der Waals surface area contributed by atoms with Gasteiger partial charge >= 0.3 is 11.8 Å². The summed E-state index contributed by atoms with van der Waals surface area (Å²) < 4.78 is 20.2. The Kier molecular flexibility index (Phi) is 10.9. The van der Waals surface area contributed by atoms with Crippen LogP contribution in [-0.4, -0.2) is 39.1 Å². The second kappa shape index (κ2) is 15.5. The molecule has 11 nitrogen and oxygen atoms in total. The van der Waals surface area contributed by atoms with Crippen molar-refractivity contribution in [1.29, 1.82) is 0 Å². The predicted molar refractivity (Wildman–Crippen MR) is 191 cm³/mol. The van der Waals surface area contributed by atoms with E-state index in [2.05, 4.69) is 16.0 Å². The van der Waals surface area contributed by atoms with Crippen LogP contribution in [0.4, 0.5) is 14.9 Å². The third-order valence-electron chi connectivity index (χ3n) is 7.89. The number of nitrogens with zero attached hydrogens (tertiary/aromatic N) is 1. The van der Waals surface area contributed by atoms with E-state index in [0.717, 1.165) is 27.5 Å². The zero-order valence-corrected chi connectivity index (χ0v) is 28.3. The summed E-state index contributed by atoms with van der Waals surface area (Å²) in [4.78, 5) is 66.2. The summed E-state index contributed by atoms with van der Waals surface area (Å²) in [5, 5.41) is 8.49. The van der Waals surface area contributed by atoms with Crippen molar-refractivity contribution in [3.63, 3.8) is 0 Å². The van der Waals surface area contributed by atoms with Crippen molar-refractivity contribution in [2.24, 2.45) is 0 Å². The Morgan fingerprint density at radius 3 is 1.78 bits per heavy atom. The van der Waals surface area contributed by atoms with Gasteiger partial charge in [0.05, 0.1) is 19.2 Å². The number of aromatic amines is 1. The molecule has 0 saturated heterocycles. The standard InChI is InChI=1S/C39H38FN5O6/c1-38(2,3)51-37(50)42-32(35(48)41-30-21-19-26(20-22-30)24-45-25-31(40)34(47)43-36(45)49)23-33(46)44-39(27-13-7-4-8-14-27,28-15-9-5-10-16-28)29-17-11-6-12-18-29/h4-22,25,32H,23-24H2,1-3H3,(H,41,48)(H,42,50)(H,44,46)(H,43,47,49). The van der Waals surface area contributed by atoms with Gasteiger partial charge < -0.3 is 20.7 Å². The number of carbonyl (C=O) groups excluding carboxylic acids is 3. The number of hydrogen-bond donors (Lipinski definition) is 4. The minimum Gasteiger partial charge on any atom is -0.444 e. The topological polar surface area (TPSA) is 151 Å². The van der Waals surface area contributed by atoms with E-state index < -0.39 is 58.6 Å². The van der Waals surface area contributed by atoms with E-state index in [1.165, 1.54) is 0 Å². The highest BCUT2D eigenvalue weighted by atomic mass is 19.1. The lowest BCUT2D eigenvalue weighted by molar-refractivity contribution is -0.126. The molecule has 5 aromatic rings. The average molecular weight is 692 g/mol. The summed E-state index contributed by atoms with van der Waals surface area (Å²) in [6.07, 6.45) is -0.514. The molecule has 5 rings (SSSR count). The van der Waals surface area contributed by atoms with Gasteiger partial charge in [0.25, 0.3) is 5.56 Å². The second-order valence-corrected chi connectivity index (χ2v) is 12.8. The highest BCUT2D eigenvalue weighted by Gasteiger charge is 2.39. The summed E-state index contributed by atoms with van der Waals surface area (Å²) in [7, 11) is 0. The van der Waals surface area contributed by atoms with Crippen molar-refractivity contribution in [1.82, 2.24) is 20.2 Å². The summed E-state index contributed by atoms with van der Waals surface area (Å²) in [5.41, 5.74) is -0.664. The molecular formula is C39H38FN5O6. The minimum atomic E-state index is -1.36. The Labute approximate surface area is 293 Å². The van der Waals surface area contributed by atoms with Crippen molar-refractivity contribution in [2.45, 2.75) is 50.9 Å². The molecule has 1 heterocycles. The summed E-state index contributed by atoms with van der Waals surface area (Å²) in [6.45, 7) is 4.99. The SMILES string of the molecule is CC(C)(C)OC(=O)NC(CC(=O)NC(c1ccccc1)(c1ccccc1)c1ccccc1)C(=O)Nc1ccc(Cn2cc(F)c(=O)[nH]c2=O)cc1. The summed E-state index contributed by atoms with van der Waals surface area (Å²) in [5.74, 6) is -2.32. The van der Waals surface area contributed by atoms with Crippen LogP contribution in [0.15, 0.2) is 131 Å². The zero-order chi connectivity index (χ0) is 36.6. The number of alkyl carbamates (subject to hydrolysis) is 1. The molecule has 1 atom stereocenters. The number of aromatic nitrogens is 2. The van der Waals surface area contributed by atoms with Crippen LogP contribution in [0.2, 0.25) is 0 Å². The highest BCUT2D eigenvalue weighted by Crippen LogP contribution is 2.37. The van der Waals surface area contributed by atoms with Gasteiger partial charge in [-0.15, -0.1) is 0 Å². The fraction of sp³-hybridized carbons (Fsp3) is 0.205. The quantitative estimate of drug-likeness (QED) is 0.142. The first-order valence-corrected chi connectivity index (χ1v) is 16.2. The van der Waals surface area contributed by atoms with Gasteiger partial charge in [-0.05, 0) is 55.2 Å². The molecule has 0 radical (unpaired) electrons. The van der Waals surface area contributed by atoms with E-state index in [-0.39, 0.29) is 6.54 Å². The summed E-state index contributed by atoms with van der Waals surface area (Å²) >= 11 is 0. The first-order valence-electron chi connectivity index (χ1n) is 16.2. The van der Waals surface area contributed by atoms with Crippen LogP contribution in [0.1, 0.15) is 49.4 Å². The molecule has 4 aromatic carbocycles. The third kappa shape index (κ3) is 9.04. The number of H-pyrrole nitrogens is 1. The van der Waals surface area contributed by atoms with Crippen LogP contribution in [-0.2, 0) is 26.4 Å². The van der Waals surface area contributed by atoms with Gasteiger partial charge in [0.1, 0.15) is 17.2 Å². The van der Waals surface area contributed by atoms with Gasteiger partial charge in [-0.2, -0.15) is 4.39 Å². The van der Waals surface area contributed by atoms with Crippen LogP contribution in [0.25, 0.3) is 0 Å². The Bertz CT molecular complexity index is 2000. The molecule has 0 aliphatic rings. The van der Waals surface area contributed by atoms with Gasteiger partial charge in [-0.1, -0.05) is 103 Å². The maximum atomic E-state index is 14.1. The van der Waals surface area contributed by atoms with E-state index in [1.807, 2.05) is 96.0 Å². The minimum absolute atomic E-state index is 0.0459. The van der Waals surface area contributed by atoms with E-state index in [9.17, 15) is 28.4 Å². The number of amides is 3. The molecule has 1 unspecified atom stereocenters. The van der Waals surface area contributed by atoms with Gasteiger partial charge in [0, 0.05) is 5.69 Å². The van der Waals surface area contributed by atoms with Gasteiger partial charge in [0.2, 0.25) is 17.6 Å². The van der Waals surface area contributed by atoms with E-state index >= 15 is 0 Å². The molecule has 12 heteroatoms. The molecule has 0 fully saturated rings. The number of benzene rings is 4. The van der Waals surface area contributed by atoms with Crippen LogP contribution in [0, 0.1) is 5.82 Å². The van der Waals surface area contributed by atoms with Crippen molar-refractivity contribution in [3.05, 3.63) is 170 Å². The normalized spacial score (nSPS) is 12.0. The lowest BCUT2D eigenvalue weighted by Crippen LogP contribution is -2.52. The monoisotopic (exact) mass is 691 g/mol. The second-order valence-electron chi connectivity index (χ2n) is 12.8. The number of hydrogen-bond acceptors (Lipinski definition) is 6. The molecule has 51 heavy (non-hydrogen) atoms. The molecule has 4 N–H and O–H groups in total. The van der Waals surface area contributed by atoms with Crippen molar-refractivity contribution < 1.29 is 23.5 Å². The van der Waals surface area contributed by atoms with Crippen LogP contribution >= 0.6 is 0 Å². The number of anilines is 1. The zero-order valence-electron chi connectivity index (χ0n) is 28.3. The van der Waals surface area contributed by atoms with Gasteiger partial charge in [0.15, 0.2) is 0 Å².